The lowest BCUT2D eigenvalue weighted by Gasteiger charge is -2.35. The number of hydrogen-bond donors (Lipinski definition) is 2. The summed E-state index contributed by atoms with van der Waals surface area (Å²) in [5.41, 5.74) is 1.12. The van der Waals surface area contributed by atoms with Gasteiger partial charge in [-0.1, -0.05) is 6.07 Å². The predicted octanol–water partition coefficient (Wildman–Crippen LogP) is 2.33. The molecule has 4 nitrogen and oxygen atoms in total. The quantitative estimate of drug-likeness (QED) is 0.879. The SMILES string of the molecule is CN(C)c1cccc(O[C@@H]2C[C@@H]3CNC[C@@H]3C[C@H]2O)c1.Cl.Cl. The number of hydrogen-bond acceptors (Lipinski definition) is 4. The Morgan fingerprint density at radius 2 is 1.82 bits per heavy atom. The summed E-state index contributed by atoms with van der Waals surface area (Å²) in [6, 6.07) is 8.06. The highest BCUT2D eigenvalue weighted by Crippen LogP contribution is 2.35. The second-order valence-corrected chi connectivity index (χ2v) is 6.27. The van der Waals surface area contributed by atoms with Crippen LogP contribution in [0.25, 0.3) is 0 Å². The third-order valence-corrected chi connectivity index (χ3v) is 4.61. The molecule has 3 rings (SSSR count). The van der Waals surface area contributed by atoms with Crippen LogP contribution in [-0.2, 0) is 0 Å². The summed E-state index contributed by atoms with van der Waals surface area (Å²) < 4.78 is 6.06. The summed E-state index contributed by atoms with van der Waals surface area (Å²) in [6.45, 7) is 2.11. The fourth-order valence-corrected chi connectivity index (χ4v) is 3.39. The molecule has 2 N–H and O–H groups in total. The molecule has 126 valence electrons. The molecule has 0 unspecified atom stereocenters. The van der Waals surface area contributed by atoms with Gasteiger partial charge in [-0.15, -0.1) is 24.8 Å². The molecule has 2 fully saturated rings. The summed E-state index contributed by atoms with van der Waals surface area (Å²) >= 11 is 0. The third-order valence-electron chi connectivity index (χ3n) is 4.61. The van der Waals surface area contributed by atoms with E-state index < -0.39 is 0 Å². The van der Waals surface area contributed by atoms with Crippen LogP contribution in [-0.4, -0.2) is 44.5 Å². The van der Waals surface area contributed by atoms with Gasteiger partial charge in [0.1, 0.15) is 11.9 Å². The first-order valence-corrected chi connectivity index (χ1v) is 7.46. The Morgan fingerprint density at radius 1 is 1.14 bits per heavy atom. The van der Waals surface area contributed by atoms with Gasteiger partial charge < -0.3 is 20.1 Å². The molecular formula is C16H26Cl2N2O2. The summed E-state index contributed by atoms with van der Waals surface area (Å²) in [7, 11) is 4.03. The van der Waals surface area contributed by atoms with Gasteiger partial charge in [0.25, 0.3) is 0 Å². The van der Waals surface area contributed by atoms with Gasteiger partial charge in [-0.3, -0.25) is 0 Å². The third kappa shape index (κ3) is 4.19. The van der Waals surface area contributed by atoms with Crippen LogP contribution in [0.3, 0.4) is 0 Å². The van der Waals surface area contributed by atoms with Crippen molar-refractivity contribution in [2.45, 2.75) is 25.0 Å². The van der Waals surface area contributed by atoms with Crippen LogP contribution in [0.4, 0.5) is 5.69 Å². The zero-order chi connectivity index (χ0) is 14.1. The highest BCUT2D eigenvalue weighted by Gasteiger charge is 2.39. The van der Waals surface area contributed by atoms with Gasteiger partial charge in [0.2, 0.25) is 0 Å². The molecule has 1 heterocycles. The molecule has 4 atom stereocenters. The van der Waals surface area contributed by atoms with E-state index in [1.807, 2.05) is 32.3 Å². The molecule has 0 bridgehead atoms. The van der Waals surface area contributed by atoms with Crippen LogP contribution in [0.15, 0.2) is 24.3 Å². The molecule has 0 amide bonds. The van der Waals surface area contributed by atoms with Crippen LogP contribution in [0.5, 0.6) is 5.75 Å². The number of nitrogens with one attached hydrogen (secondary N) is 1. The van der Waals surface area contributed by atoms with Crippen molar-refractivity contribution in [3.8, 4) is 5.75 Å². The lowest BCUT2D eigenvalue weighted by atomic mass is 9.78. The fourth-order valence-electron chi connectivity index (χ4n) is 3.39. The summed E-state index contributed by atoms with van der Waals surface area (Å²) in [4.78, 5) is 2.06. The number of aliphatic hydroxyl groups excluding tert-OH is 1. The standard InChI is InChI=1S/C16H24N2O2.2ClH/c1-18(2)13-4-3-5-14(8-13)20-16-7-12-10-17-9-11(12)6-15(16)19;;/h3-5,8,11-12,15-17,19H,6-7,9-10H2,1-2H3;2*1H/t11-,12+,15+,16+;;/m0../s1. The average Bonchev–Trinajstić information content (AvgIpc) is 2.86. The molecule has 22 heavy (non-hydrogen) atoms. The minimum atomic E-state index is -0.348. The maximum atomic E-state index is 10.3. The molecule has 0 aromatic heterocycles. The highest BCUT2D eigenvalue weighted by molar-refractivity contribution is 5.85. The van der Waals surface area contributed by atoms with E-state index >= 15 is 0 Å². The van der Waals surface area contributed by atoms with Gasteiger partial charge in [0.15, 0.2) is 0 Å². The van der Waals surface area contributed by atoms with E-state index in [1.54, 1.807) is 0 Å². The van der Waals surface area contributed by atoms with E-state index in [0.29, 0.717) is 11.8 Å². The van der Waals surface area contributed by atoms with Crippen molar-refractivity contribution in [3.05, 3.63) is 24.3 Å². The first kappa shape index (κ1) is 19.4. The Labute approximate surface area is 145 Å². The molecule has 1 aliphatic heterocycles. The van der Waals surface area contributed by atoms with E-state index in [-0.39, 0.29) is 37.0 Å². The summed E-state index contributed by atoms with van der Waals surface area (Å²) in [6.07, 6.45) is 1.38. The zero-order valence-corrected chi connectivity index (χ0v) is 14.7. The van der Waals surface area contributed by atoms with Crippen LogP contribution in [0.2, 0.25) is 0 Å². The second-order valence-electron chi connectivity index (χ2n) is 6.27. The molecule has 2 aliphatic rings. The van der Waals surface area contributed by atoms with Gasteiger partial charge >= 0.3 is 0 Å². The molecule has 1 aliphatic carbocycles. The number of halogens is 2. The van der Waals surface area contributed by atoms with Crippen molar-refractivity contribution < 1.29 is 9.84 Å². The lowest BCUT2D eigenvalue weighted by molar-refractivity contribution is -0.0231. The largest absolute Gasteiger partial charge is 0.488 e. The monoisotopic (exact) mass is 348 g/mol. The Bertz CT molecular complexity index is 473. The van der Waals surface area contributed by atoms with Gasteiger partial charge in [-0.05, 0) is 49.9 Å². The average molecular weight is 349 g/mol. The lowest BCUT2D eigenvalue weighted by Crippen LogP contribution is -2.42. The molecule has 1 aromatic carbocycles. The van der Waals surface area contributed by atoms with Gasteiger partial charge in [-0.2, -0.15) is 0 Å². The number of anilines is 1. The maximum Gasteiger partial charge on any atom is 0.125 e. The van der Waals surface area contributed by atoms with Crippen molar-refractivity contribution in [3.63, 3.8) is 0 Å². The van der Waals surface area contributed by atoms with E-state index in [9.17, 15) is 5.11 Å². The molecule has 1 saturated carbocycles. The topological polar surface area (TPSA) is 44.7 Å². The summed E-state index contributed by atoms with van der Waals surface area (Å²) in [5, 5.41) is 13.7. The van der Waals surface area contributed by atoms with Crippen molar-refractivity contribution >= 4 is 30.5 Å². The van der Waals surface area contributed by atoms with Crippen LogP contribution in [0.1, 0.15) is 12.8 Å². The number of aliphatic hydroxyl groups is 1. The first-order valence-electron chi connectivity index (χ1n) is 7.46. The Kier molecular flexibility index (Phi) is 7.26. The molecule has 0 radical (unpaired) electrons. The molecular weight excluding hydrogens is 323 g/mol. The van der Waals surface area contributed by atoms with E-state index in [0.717, 1.165) is 37.4 Å². The Balaban J connectivity index is 0.00000121. The molecule has 1 saturated heterocycles. The van der Waals surface area contributed by atoms with Crippen molar-refractivity contribution in [2.24, 2.45) is 11.8 Å². The maximum absolute atomic E-state index is 10.3. The van der Waals surface area contributed by atoms with Crippen LogP contribution >= 0.6 is 24.8 Å². The van der Waals surface area contributed by atoms with E-state index in [1.165, 1.54) is 0 Å². The zero-order valence-electron chi connectivity index (χ0n) is 13.1. The normalized spacial score (nSPS) is 29.8. The van der Waals surface area contributed by atoms with Gasteiger partial charge in [-0.25, -0.2) is 0 Å². The Hall–Kier alpha value is -0.680. The van der Waals surface area contributed by atoms with E-state index in [4.69, 9.17) is 4.74 Å². The fraction of sp³-hybridized carbons (Fsp3) is 0.625. The number of ether oxygens (including phenoxy) is 1. The number of rotatable bonds is 3. The van der Waals surface area contributed by atoms with Crippen molar-refractivity contribution in [2.75, 3.05) is 32.1 Å². The van der Waals surface area contributed by atoms with Crippen molar-refractivity contribution in [1.29, 1.82) is 0 Å². The van der Waals surface area contributed by atoms with Gasteiger partial charge in [0, 0.05) is 25.8 Å². The number of fused-ring (bicyclic) bond motifs is 1. The summed E-state index contributed by atoms with van der Waals surface area (Å²) in [5.74, 6) is 2.13. The van der Waals surface area contributed by atoms with Gasteiger partial charge in [0.05, 0.1) is 6.10 Å². The second kappa shape index (κ2) is 8.25. The molecule has 6 heteroatoms. The minimum absolute atomic E-state index is 0. The van der Waals surface area contributed by atoms with Crippen LogP contribution < -0.4 is 15.0 Å². The first-order chi connectivity index (χ1) is 9.63. The number of nitrogens with zero attached hydrogens (tertiary/aromatic N) is 1. The van der Waals surface area contributed by atoms with Crippen molar-refractivity contribution in [1.82, 2.24) is 5.32 Å². The molecule has 0 spiro atoms. The highest BCUT2D eigenvalue weighted by atomic mass is 35.5. The van der Waals surface area contributed by atoms with E-state index in [2.05, 4.69) is 16.3 Å². The predicted molar refractivity (Wildman–Crippen MR) is 94.8 cm³/mol. The minimum Gasteiger partial charge on any atom is -0.488 e. The number of benzene rings is 1. The Morgan fingerprint density at radius 3 is 2.50 bits per heavy atom. The van der Waals surface area contributed by atoms with Crippen LogP contribution in [0, 0.1) is 11.8 Å². The molecule has 1 aromatic rings. The smallest absolute Gasteiger partial charge is 0.125 e.